The van der Waals surface area contributed by atoms with Crippen LogP contribution < -0.4 is 10.6 Å². The third-order valence-corrected chi connectivity index (χ3v) is 4.26. The standard InChI is InChI=1S/C19H22N2O/c1-14-6-2-5-9-18(14)19(22)21-17-12-10-16(11-13-17)20-15-7-3-4-8-15/h2,5-6,9-13,15,20H,3-4,7-8H2,1H3,(H,21,22). The van der Waals surface area contributed by atoms with Crippen LogP contribution in [0.5, 0.6) is 0 Å². The summed E-state index contributed by atoms with van der Waals surface area (Å²) >= 11 is 0. The second kappa shape index (κ2) is 6.65. The van der Waals surface area contributed by atoms with E-state index in [4.69, 9.17) is 0 Å². The fourth-order valence-electron chi connectivity index (χ4n) is 2.98. The van der Waals surface area contributed by atoms with Crippen LogP contribution in [-0.2, 0) is 0 Å². The minimum atomic E-state index is -0.0606. The molecule has 3 heteroatoms. The molecule has 1 saturated carbocycles. The molecule has 3 nitrogen and oxygen atoms in total. The molecule has 2 aromatic carbocycles. The van der Waals surface area contributed by atoms with Gasteiger partial charge in [-0.05, 0) is 55.7 Å². The van der Waals surface area contributed by atoms with Crippen molar-refractivity contribution in [2.24, 2.45) is 0 Å². The lowest BCUT2D eigenvalue weighted by Gasteiger charge is -2.14. The van der Waals surface area contributed by atoms with Gasteiger partial charge in [-0.2, -0.15) is 0 Å². The summed E-state index contributed by atoms with van der Waals surface area (Å²) in [4.78, 5) is 12.3. The van der Waals surface area contributed by atoms with Crippen molar-refractivity contribution in [1.82, 2.24) is 0 Å². The second-order valence-electron chi connectivity index (χ2n) is 5.97. The molecule has 0 aliphatic heterocycles. The largest absolute Gasteiger partial charge is 0.382 e. The molecular weight excluding hydrogens is 272 g/mol. The van der Waals surface area contributed by atoms with E-state index in [0.29, 0.717) is 6.04 Å². The van der Waals surface area contributed by atoms with Gasteiger partial charge in [0.15, 0.2) is 0 Å². The Balaban J connectivity index is 1.63. The number of hydrogen-bond acceptors (Lipinski definition) is 2. The zero-order valence-electron chi connectivity index (χ0n) is 12.9. The summed E-state index contributed by atoms with van der Waals surface area (Å²) in [5.41, 5.74) is 3.65. The van der Waals surface area contributed by atoms with Gasteiger partial charge in [-0.3, -0.25) is 4.79 Å². The van der Waals surface area contributed by atoms with Gasteiger partial charge in [0, 0.05) is 23.0 Å². The molecule has 22 heavy (non-hydrogen) atoms. The van der Waals surface area contributed by atoms with Crippen LogP contribution in [-0.4, -0.2) is 11.9 Å². The van der Waals surface area contributed by atoms with E-state index in [1.807, 2.05) is 55.5 Å². The first-order valence-electron chi connectivity index (χ1n) is 7.96. The number of aryl methyl sites for hydroxylation is 1. The Morgan fingerprint density at radius 2 is 1.59 bits per heavy atom. The maximum absolute atomic E-state index is 12.3. The zero-order chi connectivity index (χ0) is 15.4. The Kier molecular flexibility index (Phi) is 4.42. The molecule has 114 valence electrons. The summed E-state index contributed by atoms with van der Waals surface area (Å²) in [6.07, 6.45) is 5.15. The molecule has 1 amide bonds. The number of benzene rings is 2. The highest BCUT2D eigenvalue weighted by Crippen LogP contribution is 2.23. The molecule has 0 bridgehead atoms. The lowest BCUT2D eigenvalue weighted by Crippen LogP contribution is -2.15. The first-order valence-corrected chi connectivity index (χ1v) is 7.96. The van der Waals surface area contributed by atoms with Crippen molar-refractivity contribution in [2.45, 2.75) is 38.6 Å². The Bertz CT molecular complexity index is 643. The Morgan fingerprint density at radius 1 is 0.955 bits per heavy atom. The topological polar surface area (TPSA) is 41.1 Å². The van der Waals surface area contributed by atoms with Crippen molar-refractivity contribution in [2.75, 3.05) is 10.6 Å². The number of rotatable bonds is 4. The van der Waals surface area contributed by atoms with E-state index in [1.54, 1.807) is 0 Å². The number of carbonyl (C=O) groups excluding carboxylic acids is 1. The van der Waals surface area contributed by atoms with Gasteiger partial charge < -0.3 is 10.6 Å². The molecule has 0 spiro atoms. The number of nitrogens with one attached hydrogen (secondary N) is 2. The summed E-state index contributed by atoms with van der Waals surface area (Å²) in [6, 6.07) is 16.2. The minimum absolute atomic E-state index is 0.0606. The van der Waals surface area contributed by atoms with E-state index in [-0.39, 0.29) is 5.91 Å². The normalized spacial score (nSPS) is 14.8. The summed E-state index contributed by atoms with van der Waals surface area (Å²) in [6.45, 7) is 1.95. The van der Waals surface area contributed by atoms with Crippen molar-refractivity contribution in [3.8, 4) is 0 Å². The fraction of sp³-hybridized carbons (Fsp3) is 0.316. The Labute approximate surface area is 131 Å². The first kappa shape index (κ1) is 14.6. The SMILES string of the molecule is Cc1ccccc1C(=O)Nc1ccc(NC2CCCC2)cc1. The van der Waals surface area contributed by atoms with E-state index in [2.05, 4.69) is 10.6 Å². The molecule has 1 aliphatic rings. The predicted octanol–water partition coefficient (Wildman–Crippen LogP) is 4.60. The van der Waals surface area contributed by atoms with Gasteiger partial charge in [-0.15, -0.1) is 0 Å². The third-order valence-electron chi connectivity index (χ3n) is 4.26. The van der Waals surface area contributed by atoms with Gasteiger partial charge in [-0.25, -0.2) is 0 Å². The number of amides is 1. The zero-order valence-corrected chi connectivity index (χ0v) is 12.9. The van der Waals surface area contributed by atoms with E-state index >= 15 is 0 Å². The van der Waals surface area contributed by atoms with Crippen molar-refractivity contribution in [1.29, 1.82) is 0 Å². The predicted molar refractivity (Wildman–Crippen MR) is 91.5 cm³/mol. The lowest BCUT2D eigenvalue weighted by atomic mass is 10.1. The molecule has 0 saturated heterocycles. The summed E-state index contributed by atoms with van der Waals surface area (Å²) in [7, 11) is 0. The molecule has 1 aliphatic carbocycles. The molecule has 0 radical (unpaired) electrons. The lowest BCUT2D eigenvalue weighted by molar-refractivity contribution is 0.102. The highest BCUT2D eigenvalue weighted by Gasteiger charge is 2.14. The smallest absolute Gasteiger partial charge is 0.255 e. The van der Waals surface area contributed by atoms with Gasteiger partial charge in [0.2, 0.25) is 0 Å². The van der Waals surface area contributed by atoms with Crippen LogP contribution in [0.2, 0.25) is 0 Å². The van der Waals surface area contributed by atoms with Crippen LogP contribution in [0.25, 0.3) is 0 Å². The second-order valence-corrected chi connectivity index (χ2v) is 5.97. The molecule has 3 rings (SSSR count). The summed E-state index contributed by atoms with van der Waals surface area (Å²) < 4.78 is 0. The van der Waals surface area contributed by atoms with Crippen LogP contribution in [0.1, 0.15) is 41.6 Å². The summed E-state index contributed by atoms with van der Waals surface area (Å²) in [5.74, 6) is -0.0606. The van der Waals surface area contributed by atoms with Crippen molar-refractivity contribution in [3.05, 3.63) is 59.7 Å². The van der Waals surface area contributed by atoms with Crippen LogP contribution in [0, 0.1) is 6.92 Å². The highest BCUT2D eigenvalue weighted by molar-refractivity contribution is 6.05. The average molecular weight is 294 g/mol. The van der Waals surface area contributed by atoms with Gasteiger partial charge in [0.1, 0.15) is 0 Å². The third kappa shape index (κ3) is 3.48. The van der Waals surface area contributed by atoms with Crippen molar-refractivity contribution < 1.29 is 4.79 Å². The molecule has 0 aromatic heterocycles. The Morgan fingerprint density at radius 3 is 2.27 bits per heavy atom. The molecule has 0 unspecified atom stereocenters. The first-order chi connectivity index (χ1) is 10.7. The van der Waals surface area contributed by atoms with Crippen molar-refractivity contribution >= 4 is 17.3 Å². The van der Waals surface area contributed by atoms with E-state index in [1.165, 1.54) is 25.7 Å². The van der Waals surface area contributed by atoms with Gasteiger partial charge >= 0.3 is 0 Å². The summed E-state index contributed by atoms with van der Waals surface area (Å²) in [5, 5.41) is 6.50. The number of anilines is 2. The van der Waals surface area contributed by atoms with Gasteiger partial charge in [0.05, 0.1) is 0 Å². The quantitative estimate of drug-likeness (QED) is 0.865. The molecule has 0 atom stereocenters. The molecular formula is C19H22N2O. The fourth-order valence-corrected chi connectivity index (χ4v) is 2.98. The van der Waals surface area contributed by atoms with Crippen LogP contribution in [0.3, 0.4) is 0 Å². The number of carbonyl (C=O) groups is 1. The van der Waals surface area contributed by atoms with Crippen molar-refractivity contribution in [3.63, 3.8) is 0 Å². The maximum Gasteiger partial charge on any atom is 0.255 e. The number of hydrogen-bond donors (Lipinski definition) is 2. The van der Waals surface area contributed by atoms with Gasteiger partial charge in [-0.1, -0.05) is 31.0 Å². The van der Waals surface area contributed by atoms with Crippen LogP contribution >= 0.6 is 0 Å². The molecule has 2 N–H and O–H groups in total. The van der Waals surface area contributed by atoms with E-state index in [0.717, 1.165) is 22.5 Å². The Hall–Kier alpha value is -2.29. The van der Waals surface area contributed by atoms with Crippen LogP contribution in [0.15, 0.2) is 48.5 Å². The minimum Gasteiger partial charge on any atom is -0.382 e. The van der Waals surface area contributed by atoms with E-state index in [9.17, 15) is 4.79 Å². The average Bonchev–Trinajstić information content (AvgIpc) is 3.02. The maximum atomic E-state index is 12.3. The molecule has 0 heterocycles. The van der Waals surface area contributed by atoms with E-state index < -0.39 is 0 Å². The highest BCUT2D eigenvalue weighted by atomic mass is 16.1. The van der Waals surface area contributed by atoms with Gasteiger partial charge in [0.25, 0.3) is 5.91 Å². The molecule has 2 aromatic rings. The van der Waals surface area contributed by atoms with Crippen LogP contribution in [0.4, 0.5) is 11.4 Å². The molecule has 1 fully saturated rings. The monoisotopic (exact) mass is 294 g/mol.